The molecule has 0 radical (unpaired) electrons. The maximum absolute atomic E-state index is 13.3. The van der Waals surface area contributed by atoms with Crippen LogP contribution in [0.4, 0.5) is 21.5 Å². The van der Waals surface area contributed by atoms with Gasteiger partial charge in [-0.3, -0.25) is 19.8 Å². The molecule has 2 aromatic carbocycles. The van der Waals surface area contributed by atoms with Gasteiger partial charge in [0.2, 0.25) is 11.7 Å². The second-order valence-electron chi connectivity index (χ2n) is 6.07. The number of rotatable bonds is 5. The Balaban J connectivity index is 1.52. The van der Waals surface area contributed by atoms with Crippen molar-refractivity contribution in [3.05, 3.63) is 64.5 Å². The van der Waals surface area contributed by atoms with Crippen LogP contribution in [0.5, 0.6) is 0 Å². The third-order valence-corrected chi connectivity index (χ3v) is 4.29. The molecule has 1 amide bonds. The number of carbonyl (C=O) groups is 1. The van der Waals surface area contributed by atoms with Gasteiger partial charge in [-0.25, -0.2) is 0 Å². The second kappa shape index (κ2) is 7.92. The van der Waals surface area contributed by atoms with Crippen molar-refractivity contribution in [3.63, 3.8) is 0 Å². The molecule has 2 aromatic rings. The summed E-state index contributed by atoms with van der Waals surface area (Å²) in [5.74, 6) is -1.20. The van der Waals surface area contributed by atoms with Crippen LogP contribution < -0.4 is 10.2 Å². The number of para-hydroxylation sites is 1. The van der Waals surface area contributed by atoms with E-state index < -0.39 is 16.4 Å². The van der Waals surface area contributed by atoms with Gasteiger partial charge in [0, 0.05) is 43.6 Å². The van der Waals surface area contributed by atoms with Crippen LogP contribution in [-0.2, 0) is 4.79 Å². The highest BCUT2D eigenvalue weighted by Crippen LogP contribution is 2.21. The normalized spacial score (nSPS) is 14.9. The molecule has 1 aliphatic rings. The molecule has 8 heteroatoms. The van der Waals surface area contributed by atoms with Crippen LogP contribution in [0, 0.1) is 15.9 Å². The number of halogens is 1. The Morgan fingerprint density at radius 3 is 2.46 bits per heavy atom. The van der Waals surface area contributed by atoms with E-state index in [0.29, 0.717) is 0 Å². The fourth-order valence-electron chi connectivity index (χ4n) is 2.94. The van der Waals surface area contributed by atoms with E-state index in [2.05, 4.69) is 22.3 Å². The zero-order chi connectivity index (χ0) is 18.5. The average molecular weight is 358 g/mol. The lowest BCUT2D eigenvalue weighted by atomic mass is 10.2. The van der Waals surface area contributed by atoms with Gasteiger partial charge in [-0.2, -0.15) is 4.39 Å². The number of amides is 1. The Morgan fingerprint density at radius 2 is 1.81 bits per heavy atom. The lowest BCUT2D eigenvalue weighted by Crippen LogP contribution is -2.48. The largest absolute Gasteiger partial charge is 0.369 e. The number of nitrogens with zero attached hydrogens (tertiary/aromatic N) is 3. The molecular weight excluding hydrogens is 339 g/mol. The van der Waals surface area contributed by atoms with Crippen molar-refractivity contribution >= 4 is 23.0 Å². The van der Waals surface area contributed by atoms with Crippen LogP contribution >= 0.6 is 0 Å². The molecule has 1 fully saturated rings. The van der Waals surface area contributed by atoms with Crippen molar-refractivity contribution in [2.45, 2.75) is 0 Å². The Bertz CT molecular complexity index is 792. The number of anilines is 2. The van der Waals surface area contributed by atoms with E-state index in [9.17, 15) is 19.3 Å². The highest BCUT2D eigenvalue weighted by atomic mass is 19.1. The van der Waals surface area contributed by atoms with Gasteiger partial charge in [0.1, 0.15) is 0 Å². The van der Waals surface area contributed by atoms with E-state index in [1.165, 1.54) is 6.07 Å². The highest BCUT2D eigenvalue weighted by molar-refractivity contribution is 5.92. The van der Waals surface area contributed by atoms with Crippen molar-refractivity contribution in [2.75, 3.05) is 42.9 Å². The SMILES string of the molecule is O=C(CN1CCN(c2ccccc2)CC1)Nc1ccc(F)c([N+](=O)[O-])c1. The lowest BCUT2D eigenvalue weighted by Gasteiger charge is -2.35. The molecule has 0 aromatic heterocycles. The van der Waals surface area contributed by atoms with E-state index >= 15 is 0 Å². The second-order valence-corrected chi connectivity index (χ2v) is 6.07. The molecule has 26 heavy (non-hydrogen) atoms. The zero-order valence-electron chi connectivity index (χ0n) is 14.1. The number of carbonyl (C=O) groups excluding carboxylic acids is 1. The van der Waals surface area contributed by atoms with Crippen molar-refractivity contribution in [3.8, 4) is 0 Å². The summed E-state index contributed by atoms with van der Waals surface area (Å²) in [6.45, 7) is 3.31. The Kier molecular flexibility index (Phi) is 5.43. The van der Waals surface area contributed by atoms with E-state index in [1.807, 2.05) is 23.1 Å². The van der Waals surface area contributed by atoms with Crippen LogP contribution in [0.25, 0.3) is 0 Å². The highest BCUT2D eigenvalue weighted by Gasteiger charge is 2.20. The minimum Gasteiger partial charge on any atom is -0.369 e. The quantitative estimate of drug-likeness (QED) is 0.656. The predicted octanol–water partition coefficient (Wildman–Crippen LogP) is 2.49. The fourth-order valence-corrected chi connectivity index (χ4v) is 2.94. The predicted molar refractivity (Wildman–Crippen MR) is 96.8 cm³/mol. The molecule has 3 rings (SSSR count). The molecule has 7 nitrogen and oxygen atoms in total. The monoisotopic (exact) mass is 358 g/mol. The van der Waals surface area contributed by atoms with Gasteiger partial charge >= 0.3 is 5.69 Å². The summed E-state index contributed by atoms with van der Waals surface area (Å²) in [6, 6.07) is 13.4. The van der Waals surface area contributed by atoms with Crippen molar-refractivity contribution in [1.82, 2.24) is 4.90 Å². The van der Waals surface area contributed by atoms with Gasteiger partial charge in [0.05, 0.1) is 11.5 Å². The average Bonchev–Trinajstić information content (AvgIpc) is 2.64. The van der Waals surface area contributed by atoms with Gasteiger partial charge < -0.3 is 10.2 Å². The number of nitro groups is 1. The van der Waals surface area contributed by atoms with Gasteiger partial charge in [0.15, 0.2) is 0 Å². The Morgan fingerprint density at radius 1 is 1.12 bits per heavy atom. The topological polar surface area (TPSA) is 78.7 Å². The van der Waals surface area contributed by atoms with Gasteiger partial charge in [0.25, 0.3) is 0 Å². The lowest BCUT2D eigenvalue weighted by molar-refractivity contribution is -0.387. The summed E-state index contributed by atoms with van der Waals surface area (Å²) < 4.78 is 13.3. The van der Waals surface area contributed by atoms with Gasteiger partial charge in [-0.05, 0) is 24.3 Å². The van der Waals surface area contributed by atoms with E-state index in [-0.39, 0.29) is 18.1 Å². The molecule has 1 N–H and O–H groups in total. The number of nitrogens with one attached hydrogen (secondary N) is 1. The molecule has 1 aliphatic heterocycles. The third-order valence-electron chi connectivity index (χ3n) is 4.29. The first-order valence-electron chi connectivity index (χ1n) is 8.29. The standard InChI is InChI=1S/C18H19FN4O3/c19-16-7-6-14(12-17(16)23(25)26)20-18(24)13-21-8-10-22(11-9-21)15-4-2-1-3-5-15/h1-7,12H,8-11,13H2,(H,20,24). The molecule has 1 heterocycles. The smallest absolute Gasteiger partial charge is 0.306 e. The molecule has 1 saturated heterocycles. The number of piperazine rings is 1. The Hall–Kier alpha value is -3.00. The van der Waals surface area contributed by atoms with Crippen LogP contribution in [0.2, 0.25) is 0 Å². The first kappa shape index (κ1) is 17.8. The van der Waals surface area contributed by atoms with Gasteiger partial charge in [-0.1, -0.05) is 18.2 Å². The van der Waals surface area contributed by atoms with Crippen molar-refractivity contribution in [1.29, 1.82) is 0 Å². The summed E-state index contributed by atoms with van der Waals surface area (Å²) in [5, 5.41) is 13.4. The van der Waals surface area contributed by atoms with E-state index in [0.717, 1.165) is 44.0 Å². The zero-order valence-corrected chi connectivity index (χ0v) is 14.1. The maximum Gasteiger partial charge on any atom is 0.306 e. The summed E-state index contributed by atoms with van der Waals surface area (Å²) in [4.78, 5) is 26.4. The third kappa shape index (κ3) is 4.34. The minimum absolute atomic E-state index is 0.188. The summed E-state index contributed by atoms with van der Waals surface area (Å²) >= 11 is 0. The minimum atomic E-state index is -0.926. The fraction of sp³-hybridized carbons (Fsp3) is 0.278. The number of benzene rings is 2. The number of hydrogen-bond donors (Lipinski definition) is 1. The summed E-state index contributed by atoms with van der Waals surface area (Å²) in [7, 11) is 0. The van der Waals surface area contributed by atoms with Crippen LogP contribution in [-0.4, -0.2) is 48.5 Å². The summed E-state index contributed by atoms with van der Waals surface area (Å²) in [6.07, 6.45) is 0. The van der Waals surface area contributed by atoms with Crippen LogP contribution in [0.15, 0.2) is 48.5 Å². The molecule has 0 spiro atoms. The number of hydrogen-bond acceptors (Lipinski definition) is 5. The van der Waals surface area contributed by atoms with Crippen molar-refractivity contribution < 1.29 is 14.1 Å². The molecule has 136 valence electrons. The van der Waals surface area contributed by atoms with E-state index in [4.69, 9.17) is 0 Å². The van der Waals surface area contributed by atoms with Gasteiger partial charge in [-0.15, -0.1) is 0 Å². The molecule has 0 atom stereocenters. The van der Waals surface area contributed by atoms with Crippen LogP contribution in [0.1, 0.15) is 0 Å². The number of nitro benzene ring substituents is 1. The molecule has 0 aliphatic carbocycles. The first-order chi connectivity index (χ1) is 12.5. The van der Waals surface area contributed by atoms with Crippen molar-refractivity contribution in [2.24, 2.45) is 0 Å². The van der Waals surface area contributed by atoms with Crippen LogP contribution in [0.3, 0.4) is 0 Å². The molecule has 0 bridgehead atoms. The molecular formula is C18H19FN4O3. The Labute approximate surface area is 150 Å². The van der Waals surface area contributed by atoms with E-state index in [1.54, 1.807) is 0 Å². The summed E-state index contributed by atoms with van der Waals surface area (Å²) in [5.41, 5.74) is 0.723. The first-order valence-corrected chi connectivity index (χ1v) is 8.29. The molecule has 0 saturated carbocycles. The molecule has 0 unspecified atom stereocenters. The maximum atomic E-state index is 13.3.